The molecule has 0 radical (unpaired) electrons. The van der Waals surface area contributed by atoms with Crippen LogP contribution in [0.3, 0.4) is 0 Å². The predicted octanol–water partition coefficient (Wildman–Crippen LogP) is 2.51. The molecule has 4 nitrogen and oxygen atoms in total. The molecule has 1 atom stereocenters. The van der Waals surface area contributed by atoms with Crippen LogP contribution in [-0.2, 0) is 9.53 Å². The maximum atomic E-state index is 11.7. The van der Waals surface area contributed by atoms with Gasteiger partial charge in [-0.1, -0.05) is 0 Å². The molecule has 19 heavy (non-hydrogen) atoms. The average Bonchev–Trinajstić information content (AvgIpc) is 3.21. The van der Waals surface area contributed by atoms with Crippen LogP contribution in [-0.4, -0.2) is 19.2 Å². The summed E-state index contributed by atoms with van der Waals surface area (Å²) < 4.78 is 10.7. The van der Waals surface area contributed by atoms with E-state index in [4.69, 9.17) is 14.7 Å². The molecule has 0 spiro atoms. The summed E-state index contributed by atoms with van der Waals surface area (Å²) in [6.45, 7) is 3.76. The highest BCUT2D eigenvalue weighted by atomic mass is 16.6. The van der Waals surface area contributed by atoms with Crippen molar-refractivity contribution >= 4 is 5.97 Å². The number of rotatable bonds is 4. The zero-order chi connectivity index (χ0) is 14.0. The Hall–Kier alpha value is -2.02. The Morgan fingerprint density at radius 3 is 2.37 bits per heavy atom. The van der Waals surface area contributed by atoms with Gasteiger partial charge in [-0.25, -0.2) is 4.79 Å². The van der Waals surface area contributed by atoms with Crippen LogP contribution in [0.15, 0.2) is 12.1 Å². The van der Waals surface area contributed by atoms with Gasteiger partial charge in [0.15, 0.2) is 6.10 Å². The molecule has 0 amide bonds. The molecule has 1 aliphatic carbocycles. The molecule has 2 rings (SSSR count). The maximum Gasteiger partial charge on any atom is 0.347 e. The van der Waals surface area contributed by atoms with Gasteiger partial charge in [0, 0.05) is 5.92 Å². The van der Waals surface area contributed by atoms with E-state index in [9.17, 15) is 4.79 Å². The fourth-order valence-electron chi connectivity index (χ4n) is 2.18. The Morgan fingerprint density at radius 1 is 1.37 bits per heavy atom. The Kier molecular flexibility index (Phi) is 3.75. The van der Waals surface area contributed by atoms with Crippen LogP contribution in [0.2, 0.25) is 0 Å². The predicted molar refractivity (Wildman–Crippen MR) is 69.8 cm³/mol. The molecular weight excluding hydrogens is 242 g/mol. The maximum absolute atomic E-state index is 11.7. The number of nitriles is 1. The topological polar surface area (TPSA) is 59.3 Å². The molecule has 0 aromatic heterocycles. The fraction of sp³-hybridized carbons (Fsp3) is 0.467. The first kappa shape index (κ1) is 13.4. The van der Waals surface area contributed by atoms with Gasteiger partial charge < -0.3 is 9.47 Å². The monoisotopic (exact) mass is 259 g/mol. The van der Waals surface area contributed by atoms with Gasteiger partial charge in [0.25, 0.3) is 0 Å². The number of methoxy groups -OCH3 is 1. The number of benzene rings is 1. The van der Waals surface area contributed by atoms with Crippen LogP contribution >= 0.6 is 0 Å². The first-order chi connectivity index (χ1) is 9.06. The quantitative estimate of drug-likeness (QED) is 0.779. The zero-order valence-electron chi connectivity index (χ0n) is 11.4. The summed E-state index contributed by atoms with van der Waals surface area (Å²) in [6.07, 6.45) is 1.46. The number of carbonyl (C=O) groups excluding carboxylic acids is 1. The van der Waals surface area contributed by atoms with Crippen LogP contribution in [0.4, 0.5) is 0 Å². The Labute approximate surface area is 112 Å². The molecule has 1 aromatic carbocycles. The third-order valence-corrected chi connectivity index (χ3v) is 3.32. The lowest BCUT2D eigenvalue weighted by Gasteiger charge is -2.19. The molecule has 4 heteroatoms. The van der Waals surface area contributed by atoms with E-state index in [0.717, 1.165) is 24.0 Å². The number of hydrogen-bond acceptors (Lipinski definition) is 4. The summed E-state index contributed by atoms with van der Waals surface area (Å²) in [7, 11) is 1.37. The SMILES string of the molecule is COC(=O)C(Oc1c(C)cc(C#N)cc1C)C1CC1. The van der Waals surface area contributed by atoms with E-state index < -0.39 is 6.10 Å². The van der Waals surface area contributed by atoms with E-state index in [1.165, 1.54) is 7.11 Å². The lowest BCUT2D eigenvalue weighted by Crippen LogP contribution is -2.31. The van der Waals surface area contributed by atoms with Gasteiger partial charge in [0.1, 0.15) is 5.75 Å². The molecule has 1 unspecified atom stereocenters. The van der Waals surface area contributed by atoms with Gasteiger partial charge in [-0.05, 0) is 49.9 Å². The van der Waals surface area contributed by atoms with E-state index in [1.807, 2.05) is 13.8 Å². The second-order valence-corrected chi connectivity index (χ2v) is 4.95. The Balaban J connectivity index is 2.27. The third-order valence-electron chi connectivity index (χ3n) is 3.32. The van der Waals surface area contributed by atoms with Gasteiger partial charge in [0.2, 0.25) is 0 Å². The minimum atomic E-state index is -0.532. The fourth-order valence-corrected chi connectivity index (χ4v) is 2.18. The van der Waals surface area contributed by atoms with E-state index >= 15 is 0 Å². The van der Waals surface area contributed by atoms with Crippen molar-refractivity contribution in [2.45, 2.75) is 32.8 Å². The van der Waals surface area contributed by atoms with Gasteiger partial charge in [0.05, 0.1) is 18.7 Å². The van der Waals surface area contributed by atoms with Gasteiger partial charge in [-0.15, -0.1) is 0 Å². The van der Waals surface area contributed by atoms with Gasteiger partial charge in [-0.2, -0.15) is 5.26 Å². The molecule has 1 fully saturated rings. The number of ether oxygens (including phenoxy) is 2. The van der Waals surface area contributed by atoms with Crippen molar-refractivity contribution < 1.29 is 14.3 Å². The summed E-state index contributed by atoms with van der Waals surface area (Å²) in [5.41, 5.74) is 2.33. The minimum Gasteiger partial charge on any atom is -0.478 e. The van der Waals surface area contributed by atoms with Crippen LogP contribution in [0.1, 0.15) is 29.5 Å². The van der Waals surface area contributed by atoms with Gasteiger partial charge >= 0.3 is 5.97 Å². The number of aryl methyl sites for hydroxylation is 2. The number of carbonyl (C=O) groups is 1. The first-order valence-corrected chi connectivity index (χ1v) is 6.32. The summed E-state index contributed by atoms with van der Waals surface area (Å²) >= 11 is 0. The van der Waals surface area contributed by atoms with Crippen LogP contribution in [0.5, 0.6) is 5.75 Å². The molecule has 1 saturated carbocycles. The molecule has 1 aromatic rings. The minimum absolute atomic E-state index is 0.252. The molecule has 0 heterocycles. The van der Waals surface area contributed by atoms with Crippen molar-refractivity contribution in [3.05, 3.63) is 28.8 Å². The van der Waals surface area contributed by atoms with Crippen molar-refractivity contribution in [3.8, 4) is 11.8 Å². The highest BCUT2D eigenvalue weighted by molar-refractivity contribution is 5.76. The second kappa shape index (κ2) is 5.31. The van der Waals surface area contributed by atoms with Crippen LogP contribution < -0.4 is 4.74 Å². The van der Waals surface area contributed by atoms with Crippen LogP contribution in [0, 0.1) is 31.1 Å². The van der Waals surface area contributed by atoms with Crippen LogP contribution in [0.25, 0.3) is 0 Å². The number of hydrogen-bond donors (Lipinski definition) is 0. The van der Waals surface area contributed by atoms with Crippen molar-refractivity contribution in [2.24, 2.45) is 5.92 Å². The molecule has 0 N–H and O–H groups in total. The summed E-state index contributed by atoms with van der Waals surface area (Å²) in [5, 5.41) is 8.92. The van der Waals surface area contributed by atoms with E-state index in [0.29, 0.717) is 11.3 Å². The van der Waals surface area contributed by atoms with E-state index in [2.05, 4.69) is 6.07 Å². The summed E-state index contributed by atoms with van der Waals surface area (Å²) in [4.78, 5) is 11.7. The lowest BCUT2D eigenvalue weighted by molar-refractivity contribution is -0.149. The lowest BCUT2D eigenvalue weighted by atomic mass is 10.1. The highest BCUT2D eigenvalue weighted by Crippen LogP contribution is 2.37. The largest absolute Gasteiger partial charge is 0.478 e. The smallest absolute Gasteiger partial charge is 0.347 e. The average molecular weight is 259 g/mol. The molecule has 1 aliphatic rings. The number of esters is 1. The molecular formula is C15H17NO3. The standard InChI is InChI=1S/C15H17NO3/c1-9-6-11(8-16)7-10(2)13(9)19-14(12-4-5-12)15(17)18-3/h6-7,12,14H,4-5H2,1-3H3. The van der Waals surface area contributed by atoms with Crippen molar-refractivity contribution in [1.29, 1.82) is 5.26 Å². The summed E-state index contributed by atoms with van der Waals surface area (Å²) in [6, 6.07) is 5.65. The molecule has 0 saturated heterocycles. The zero-order valence-corrected chi connectivity index (χ0v) is 11.4. The first-order valence-electron chi connectivity index (χ1n) is 6.32. The van der Waals surface area contributed by atoms with E-state index in [1.54, 1.807) is 12.1 Å². The highest BCUT2D eigenvalue weighted by Gasteiger charge is 2.39. The Bertz CT molecular complexity index is 518. The van der Waals surface area contributed by atoms with Gasteiger partial charge in [-0.3, -0.25) is 0 Å². The molecule has 100 valence electrons. The molecule has 0 aliphatic heterocycles. The normalized spacial score (nSPS) is 15.5. The summed E-state index contributed by atoms with van der Waals surface area (Å²) in [5.74, 6) is 0.605. The van der Waals surface area contributed by atoms with Crippen molar-refractivity contribution in [1.82, 2.24) is 0 Å². The Morgan fingerprint density at radius 2 is 1.95 bits per heavy atom. The second-order valence-electron chi connectivity index (χ2n) is 4.95. The van der Waals surface area contributed by atoms with Crippen molar-refractivity contribution in [3.63, 3.8) is 0 Å². The van der Waals surface area contributed by atoms with E-state index in [-0.39, 0.29) is 11.9 Å². The third kappa shape index (κ3) is 2.87. The number of nitrogens with zero attached hydrogens (tertiary/aromatic N) is 1. The molecule has 0 bridgehead atoms. The van der Waals surface area contributed by atoms with Crippen molar-refractivity contribution in [2.75, 3.05) is 7.11 Å².